The van der Waals surface area contributed by atoms with E-state index in [9.17, 15) is 0 Å². The Morgan fingerprint density at radius 1 is 1.26 bits per heavy atom. The highest BCUT2D eigenvalue weighted by molar-refractivity contribution is 14.0. The van der Waals surface area contributed by atoms with Crippen molar-refractivity contribution in [3.63, 3.8) is 0 Å². The number of halogens is 1. The van der Waals surface area contributed by atoms with Crippen LogP contribution in [0.25, 0.3) is 0 Å². The second kappa shape index (κ2) is 8.22. The van der Waals surface area contributed by atoms with Gasteiger partial charge in [0, 0.05) is 26.7 Å². The van der Waals surface area contributed by atoms with Gasteiger partial charge in [0.1, 0.15) is 5.75 Å². The molecule has 1 heterocycles. The average molecular weight is 429 g/mol. The van der Waals surface area contributed by atoms with Crippen LogP contribution in [0.5, 0.6) is 5.75 Å². The van der Waals surface area contributed by atoms with Gasteiger partial charge in [-0.1, -0.05) is 18.6 Å². The first-order valence-corrected chi connectivity index (χ1v) is 8.33. The minimum Gasteiger partial charge on any atom is -0.497 e. The molecule has 2 aliphatic rings. The fraction of sp³-hybridized carbons (Fsp3) is 0.611. The molecule has 5 heteroatoms. The van der Waals surface area contributed by atoms with Gasteiger partial charge in [0.05, 0.1) is 7.11 Å². The fourth-order valence-corrected chi connectivity index (χ4v) is 3.64. The first-order valence-electron chi connectivity index (χ1n) is 8.33. The Kier molecular flexibility index (Phi) is 6.56. The second-order valence-corrected chi connectivity index (χ2v) is 6.60. The van der Waals surface area contributed by atoms with Crippen molar-refractivity contribution >= 4 is 29.9 Å². The van der Waals surface area contributed by atoms with Crippen LogP contribution in [0.4, 0.5) is 0 Å². The summed E-state index contributed by atoms with van der Waals surface area (Å²) < 4.78 is 5.19. The molecule has 0 aromatic heterocycles. The number of likely N-dealkylation sites (tertiary alicyclic amines) is 1. The quantitative estimate of drug-likeness (QED) is 0.454. The van der Waals surface area contributed by atoms with Gasteiger partial charge in [-0.25, -0.2) is 0 Å². The highest BCUT2D eigenvalue weighted by atomic mass is 127. The molecular formula is C18H28IN3O. The van der Waals surface area contributed by atoms with E-state index in [1.54, 1.807) is 7.11 Å². The lowest BCUT2D eigenvalue weighted by Crippen LogP contribution is -2.43. The van der Waals surface area contributed by atoms with E-state index in [1.807, 2.05) is 19.2 Å². The molecule has 1 aliphatic carbocycles. The average Bonchev–Trinajstić information content (AvgIpc) is 2.98. The zero-order valence-corrected chi connectivity index (χ0v) is 16.5. The van der Waals surface area contributed by atoms with Crippen LogP contribution < -0.4 is 10.1 Å². The Hall–Kier alpha value is -0.980. The minimum atomic E-state index is 0. The van der Waals surface area contributed by atoms with Crippen LogP contribution in [0.1, 0.15) is 31.2 Å². The first kappa shape index (κ1) is 18.4. The van der Waals surface area contributed by atoms with E-state index in [4.69, 9.17) is 4.74 Å². The third kappa shape index (κ3) is 4.31. The number of guanidine groups is 1. The van der Waals surface area contributed by atoms with E-state index in [0.29, 0.717) is 5.41 Å². The van der Waals surface area contributed by atoms with Gasteiger partial charge in [-0.2, -0.15) is 0 Å². The molecule has 1 aliphatic heterocycles. The first-order chi connectivity index (χ1) is 10.7. The fourth-order valence-electron chi connectivity index (χ4n) is 3.64. The number of ether oxygens (including phenoxy) is 1. The van der Waals surface area contributed by atoms with Gasteiger partial charge >= 0.3 is 0 Å². The molecule has 2 fully saturated rings. The predicted molar refractivity (Wildman–Crippen MR) is 106 cm³/mol. The van der Waals surface area contributed by atoms with E-state index in [2.05, 4.69) is 27.3 Å². The van der Waals surface area contributed by atoms with Crippen LogP contribution in [0.3, 0.4) is 0 Å². The molecule has 0 unspecified atom stereocenters. The van der Waals surface area contributed by atoms with Crippen molar-refractivity contribution in [1.29, 1.82) is 0 Å². The van der Waals surface area contributed by atoms with Crippen LogP contribution in [0.2, 0.25) is 0 Å². The van der Waals surface area contributed by atoms with Gasteiger partial charge in [-0.3, -0.25) is 4.99 Å². The van der Waals surface area contributed by atoms with Crippen LogP contribution in [0.15, 0.2) is 29.3 Å². The normalized spacial score (nSPS) is 19.2. The van der Waals surface area contributed by atoms with Gasteiger partial charge in [0.25, 0.3) is 0 Å². The van der Waals surface area contributed by atoms with Gasteiger partial charge in [-0.05, 0) is 48.8 Å². The maximum Gasteiger partial charge on any atom is 0.193 e. The molecule has 1 N–H and O–H groups in total. The number of nitrogens with one attached hydrogen (secondary N) is 1. The van der Waals surface area contributed by atoms with Crippen molar-refractivity contribution < 1.29 is 4.74 Å². The summed E-state index contributed by atoms with van der Waals surface area (Å²) in [5.41, 5.74) is 1.94. The van der Waals surface area contributed by atoms with E-state index in [1.165, 1.54) is 37.8 Å². The molecular weight excluding hydrogens is 401 g/mol. The summed E-state index contributed by atoms with van der Waals surface area (Å²) in [4.78, 5) is 6.90. The molecule has 23 heavy (non-hydrogen) atoms. The molecule has 1 spiro atoms. The predicted octanol–water partition coefficient (Wildman–Crippen LogP) is 3.31. The highest BCUT2D eigenvalue weighted by Crippen LogP contribution is 2.47. The van der Waals surface area contributed by atoms with Crippen molar-refractivity contribution in [1.82, 2.24) is 10.2 Å². The Bertz CT molecular complexity index is 526. The van der Waals surface area contributed by atoms with E-state index < -0.39 is 0 Å². The van der Waals surface area contributed by atoms with Crippen molar-refractivity contribution in [2.45, 2.75) is 32.1 Å². The minimum absolute atomic E-state index is 0. The smallest absolute Gasteiger partial charge is 0.193 e. The monoisotopic (exact) mass is 429 g/mol. The van der Waals surface area contributed by atoms with E-state index in [-0.39, 0.29) is 24.0 Å². The third-order valence-electron chi connectivity index (χ3n) is 5.22. The zero-order valence-electron chi connectivity index (χ0n) is 14.2. The van der Waals surface area contributed by atoms with Crippen molar-refractivity contribution in [3.8, 4) is 5.75 Å². The topological polar surface area (TPSA) is 36.9 Å². The van der Waals surface area contributed by atoms with Crippen molar-refractivity contribution in [2.75, 3.05) is 33.8 Å². The van der Waals surface area contributed by atoms with E-state index in [0.717, 1.165) is 31.2 Å². The number of methoxy groups -OCH3 is 1. The maximum atomic E-state index is 5.19. The van der Waals surface area contributed by atoms with Gasteiger partial charge in [-0.15, -0.1) is 24.0 Å². The molecule has 1 aromatic carbocycles. The summed E-state index contributed by atoms with van der Waals surface area (Å²) in [6.07, 6.45) is 6.57. The maximum absolute atomic E-state index is 5.19. The van der Waals surface area contributed by atoms with Crippen LogP contribution in [0, 0.1) is 5.41 Å². The summed E-state index contributed by atoms with van der Waals surface area (Å²) in [6.45, 7) is 3.26. The van der Waals surface area contributed by atoms with Crippen molar-refractivity contribution in [2.24, 2.45) is 10.4 Å². The number of hydrogen-bond acceptors (Lipinski definition) is 2. The van der Waals surface area contributed by atoms with Gasteiger partial charge < -0.3 is 15.0 Å². The Morgan fingerprint density at radius 2 is 2.00 bits per heavy atom. The summed E-state index contributed by atoms with van der Waals surface area (Å²) >= 11 is 0. The summed E-state index contributed by atoms with van der Waals surface area (Å²) in [6, 6.07) is 8.29. The Labute approximate surface area is 156 Å². The lowest BCUT2D eigenvalue weighted by atomic mass is 9.68. The van der Waals surface area contributed by atoms with Crippen LogP contribution in [-0.4, -0.2) is 44.7 Å². The lowest BCUT2D eigenvalue weighted by Gasteiger charge is -2.38. The van der Waals surface area contributed by atoms with Gasteiger partial charge in [0.2, 0.25) is 0 Å². The number of rotatable bonds is 4. The van der Waals surface area contributed by atoms with Crippen LogP contribution >= 0.6 is 24.0 Å². The molecule has 3 rings (SSSR count). The molecule has 0 bridgehead atoms. The highest BCUT2D eigenvalue weighted by Gasteiger charge is 2.43. The number of benzene rings is 1. The third-order valence-corrected chi connectivity index (χ3v) is 5.22. The lowest BCUT2D eigenvalue weighted by molar-refractivity contribution is 0.151. The molecule has 1 aromatic rings. The molecule has 0 amide bonds. The zero-order chi connectivity index (χ0) is 15.4. The van der Waals surface area contributed by atoms with Crippen molar-refractivity contribution in [3.05, 3.63) is 29.8 Å². The Balaban J connectivity index is 0.00000192. The SMILES string of the molecule is CN=C(NCCc1ccc(OC)cc1)N1CCC2(CCC2)C1.I. The molecule has 0 atom stereocenters. The number of nitrogens with zero attached hydrogens (tertiary/aromatic N) is 2. The van der Waals surface area contributed by atoms with Crippen LogP contribution in [-0.2, 0) is 6.42 Å². The largest absolute Gasteiger partial charge is 0.497 e. The second-order valence-electron chi connectivity index (χ2n) is 6.60. The summed E-state index contributed by atoms with van der Waals surface area (Å²) in [5.74, 6) is 1.98. The molecule has 0 radical (unpaired) electrons. The van der Waals surface area contributed by atoms with Gasteiger partial charge in [0.15, 0.2) is 5.96 Å². The molecule has 1 saturated carbocycles. The van der Waals surface area contributed by atoms with E-state index >= 15 is 0 Å². The molecule has 1 saturated heterocycles. The summed E-state index contributed by atoms with van der Waals surface area (Å²) in [7, 11) is 3.59. The molecule has 128 valence electrons. The number of hydrogen-bond donors (Lipinski definition) is 1. The molecule has 4 nitrogen and oxygen atoms in total. The number of aliphatic imine (C=N–C) groups is 1. The standard InChI is InChI=1S/C18H27N3O.HI/c1-19-17(21-13-11-18(14-21)9-3-10-18)20-12-8-15-4-6-16(22-2)7-5-15;/h4-7H,3,8-14H2,1-2H3,(H,19,20);1H. The summed E-state index contributed by atoms with van der Waals surface area (Å²) in [5, 5.41) is 3.52. The Morgan fingerprint density at radius 3 is 2.52 bits per heavy atom.